The van der Waals surface area contributed by atoms with Crippen LogP contribution in [-0.2, 0) is 0 Å². The lowest BCUT2D eigenvalue weighted by molar-refractivity contribution is 0.669. The highest BCUT2D eigenvalue weighted by Crippen LogP contribution is 2.46. The average molecular weight is 752 g/mol. The van der Waals surface area contributed by atoms with Crippen molar-refractivity contribution in [3.63, 3.8) is 0 Å². The van der Waals surface area contributed by atoms with Gasteiger partial charge in [-0.3, -0.25) is 0 Å². The Hall–Kier alpha value is -7.95. The molecule has 0 unspecified atom stereocenters. The molecule has 0 atom stereocenters. The first-order valence-electron chi connectivity index (χ1n) is 19.9. The van der Waals surface area contributed by atoms with Crippen LogP contribution < -0.4 is 0 Å². The quantitative estimate of drug-likeness (QED) is 0.164. The molecule has 0 aliphatic rings. The van der Waals surface area contributed by atoms with Crippen molar-refractivity contribution >= 4 is 65.4 Å². The lowest BCUT2D eigenvalue weighted by Crippen LogP contribution is -1.93. The maximum Gasteiger partial charge on any atom is 0.136 e. The van der Waals surface area contributed by atoms with Crippen LogP contribution in [0.15, 0.2) is 205 Å². The number of aromatic nitrogens is 3. The van der Waals surface area contributed by atoms with Crippen LogP contribution in [0.25, 0.3) is 121 Å². The highest BCUT2D eigenvalue weighted by atomic mass is 16.3. The topological polar surface area (TPSA) is 51.8 Å². The first-order chi connectivity index (χ1) is 29.2. The van der Waals surface area contributed by atoms with Crippen LogP contribution in [0.2, 0.25) is 0 Å². The van der Waals surface area contributed by atoms with Crippen molar-refractivity contribution in [1.29, 1.82) is 0 Å². The smallest absolute Gasteiger partial charge is 0.136 e. The standard InChI is InChI=1S/C55H33N3O/c1-3-13-34(14-4-1)45-29-27-36-25-26-37-28-30-46(57-55(37)54(36)56-45)40-19-11-17-38(31-40)39-18-12-20-41(32-39)53-44-33-49-52(43-22-8-10-24-48(43)59-49)50(35-15-5-2-6-16-35)51(44)42-21-7-9-23-47(42)58-53/h1-33H. The van der Waals surface area contributed by atoms with E-state index in [0.717, 1.165) is 116 Å². The minimum absolute atomic E-state index is 0.849. The molecule has 0 saturated carbocycles. The van der Waals surface area contributed by atoms with Crippen LogP contribution in [0.5, 0.6) is 0 Å². The molecule has 0 amide bonds. The Labute approximate surface area is 339 Å². The van der Waals surface area contributed by atoms with Gasteiger partial charge in [-0.05, 0) is 59.2 Å². The molecule has 4 heterocycles. The van der Waals surface area contributed by atoms with Crippen molar-refractivity contribution < 1.29 is 4.42 Å². The number of fused-ring (bicyclic) bond motifs is 9. The molecule has 0 bridgehead atoms. The van der Waals surface area contributed by atoms with Gasteiger partial charge in [-0.1, -0.05) is 158 Å². The third kappa shape index (κ3) is 5.49. The van der Waals surface area contributed by atoms with Gasteiger partial charge in [0.05, 0.1) is 33.6 Å². The summed E-state index contributed by atoms with van der Waals surface area (Å²) in [5.74, 6) is 0. The molecular formula is C55H33N3O. The summed E-state index contributed by atoms with van der Waals surface area (Å²) < 4.78 is 6.61. The normalized spacial score (nSPS) is 11.7. The lowest BCUT2D eigenvalue weighted by atomic mass is 9.89. The van der Waals surface area contributed by atoms with Crippen LogP contribution in [0.1, 0.15) is 0 Å². The van der Waals surface area contributed by atoms with Gasteiger partial charge in [0.1, 0.15) is 11.2 Å². The highest BCUT2D eigenvalue weighted by Gasteiger charge is 2.22. The van der Waals surface area contributed by atoms with Crippen LogP contribution >= 0.6 is 0 Å². The van der Waals surface area contributed by atoms with Gasteiger partial charge in [0.2, 0.25) is 0 Å². The predicted molar refractivity (Wildman–Crippen MR) is 244 cm³/mol. The Bertz CT molecular complexity index is 3610. The van der Waals surface area contributed by atoms with E-state index in [4.69, 9.17) is 19.4 Å². The first-order valence-corrected chi connectivity index (χ1v) is 19.9. The van der Waals surface area contributed by atoms with E-state index in [2.05, 4.69) is 176 Å². The number of benzene rings is 8. The van der Waals surface area contributed by atoms with E-state index in [0.29, 0.717) is 0 Å². The van der Waals surface area contributed by atoms with Crippen LogP contribution in [0.3, 0.4) is 0 Å². The van der Waals surface area contributed by atoms with E-state index in [9.17, 15) is 0 Å². The lowest BCUT2D eigenvalue weighted by Gasteiger charge is -2.16. The van der Waals surface area contributed by atoms with E-state index in [1.807, 2.05) is 24.3 Å². The fourth-order valence-corrected chi connectivity index (χ4v) is 8.83. The number of nitrogens with zero attached hydrogens (tertiary/aromatic N) is 3. The summed E-state index contributed by atoms with van der Waals surface area (Å²) in [6, 6.07) is 70.2. The van der Waals surface area contributed by atoms with Gasteiger partial charge in [0.15, 0.2) is 0 Å². The Morgan fingerprint density at radius 2 is 0.864 bits per heavy atom. The van der Waals surface area contributed by atoms with Gasteiger partial charge >= 0.3 is 0 Å². The second-order valence-electron chi connectivity index (χ2n) is 15.1. The van der Waals surface area contributed by atoms with Gasteiger partial charge in [0.25, 0.3) is 0 Å². The molecule has 0 saturated heterocycles. The summed E-state index contributed by atoms with van der Waals surface area (Å²) in [5, 5.41) is 7.70. The Morgan fingerprint density at radius 3 is 1.59 bits per heavy atom. The molecule has 12 aromatic rings. The molecule has 59 heavy (non-hydrogen) atoms. The molecular weight excluding hydrogens is 719 g/mol. The van der Waals surface area contributed by atoms with Gasteiger partial charge in [-0.2, -0.15) is 0 Å². The van der Waals surface area contributed by atoms with Gasteiger partial charge in [-0.15, -0.1) is 0 Å². The summed E-state index contributed by atoms with van der Waals surface area (Å²) in [6.07, 6.45) is 0. The number of rotatable bonds is 5. The van der Waals surface area contributed by atoms with E-state index < -0.39 is 0 Å². The Morgan fingerprint density at radius 1 is 0.322 bits per heavy atom. The fraction of sp³-hybridized carbons (Fsp3) is 0. The minimum atomic E-state index is 0.849. The van der Waals surface area contributed by atoms with Crippen molar-refractivity contribution in [2.75, 3.05) is 0 Å². The van der Waals surface area contributed by atoms with E-state index in [1.54, 1.807) is 0 Å². The number of hydrogen-bond acceptors (Lipinski definition) is 4. The molecule has 274 valence electrons. The van der Waals surface area contributed by atoms with Crippen LogP contribution in [0, 0.1) is 0 Å². The number of furan rings is 1. The first kappa shape index (κ1) is 33.2. The van der Waals surface area contributed by atoms with E-state index in [-0.39, 0.29) is 0 Å². The van der Waals surface area contributed by atoms with Crippen molar-refractivity contribution in [2.24, 2.45) is 0 Å². The molecule has 4 aromatic heterocycles. The molecule has 4 heteroatoms. The van der Waals surface area contributed by atoms with Gasteiger partial charge in [0, 0.05) is 60.0 Å². The highest BCUT2D eigenvalue weighted by molar-refractivity contribution is 6.27. The zero-order valence-corrected chi connectivity index (χ0v) is 31.8. The zero-order valence-electron chi connectivity index (χ0n) is 31.8. The minimum Gasteiger partial charge on any atom is -0.456 e. The molecule has 0 spiro atoms. The largest absolute Gasteiger partial charge is 0.456 e. The predicted octanol–water partition coefficient (Wildman–Crippen LogP) is 14.7. The van der Waals surface area contributed by atoms with E-state index in [1.165, 1.54) is 5.39 Å². The molecule has 4 nitrogen and oxygen atoms in total. The Balaban J connectivity index is 1.02. The summed E-state index contributed by atoms with van der Waals surface area (Å²) in [4.78, 5) is 15.8. The molecule has 0 radical (unpaired) electrons. The molecule has 0 aliphatic heterocycles. The molecule has 0 aliphatic carbocycles. The van der Waals surface area contributed by atoms with Gasteiger partial charge < -0.3 is 4.42 Å². The second kappa shape index (κ2) is 13.3. The monoisotopic (exact) mass is 751 g/mol. The van der Waals surface area contributed by atoms with Crippen molar-refractivity contribution in [3.8, 4) is 56.0 Å². The van der Waals surface area contributed by atoms with Gasteiger partial charge in [-0.25, -0.2) is 15.0 Å². The average Bonchev–Trinajstić information content (AvgIpc) is 3.69. The maximum atomic E-state index is 6.61. The number of pyridine rings is 3. The third-order valence-electron chi connectivity index (χ3n) is 11.6. The van der Waals surface area contributed by atoms with Crippen LogP contribution in [-0.4, -0.2) is 15.0 Å². The third-order valence-corrected chi connectivity index (χ3v) is 11.6. The van der Waals surface area contributed by atoms with Crippen LogP contribution in [0.4, 0.5) is 0 Å². The molecule has 0 fully saturated rings. The molecule has 0 N–H and O–H groups in total. The summed E-state index contributed by atoms with van der Waals surface area (Å²) in [5.41, 5.74) is 14.9. The summed E-state index contributed by atoms with van der Waals surface area (Å²) in [7, 11) is 0. The van der Waals surface area contributed by atoms with Crippen molar-refractivity contribution in [2.45, 2.75) is 0 Å². The number of para-hydroxylation sites is 2. The summed E-state index contributed by atoms with van der Waals surface area (Å²) in [6.45, 7) is 0. The number of hydrogen-bond donors (Lipinski definition) is 0. The van der Waals surface area contributed by atoms with Crippen molar-refractivity contribution in [1.82, 2.24) is 15.0 Å². The fourth-order valence-electron chi connectivity index (χ4n) is 8.83. The molecule has 12 rings (SSSR count). The zero-order chi connectivity index (χ0) is 38.9. The second-order valence-corrected chi connectivity index (χ2v) is 15.1. The SMILES string of the molecule is c1ccc(-c2ccc3ccc4ccc(-c5cccc(-c6cccc(-c7nc8ccccc8c8c(-c9ccccc9)c9c(cc78)oc7ccccc79)c6)c5)nc4c3n2)cc1. The van der Waals surface area contributed by atoms with Crippen molar-refractivity contribution in [3.05, 3.63) is 200 Å². The Kier molecular flexibility index (Phi) is 7.50. The summed E-state index contributed by atoms with van der Waals surface area (Å²) >= 11 is 0. The maximum absolute atomic E-state index is 6.61. The van der Waals surface area contributed by atoms with E-state index >= 15 is 0 Å². The molecule has 8 aromatic carbocycles.